The first-order valence-electron chi connectivity index (χ1n) is 4.84. The van der Waals surface area contributed by atoms with Gasteiger partial charge in [0.15, 0.2) is 0 Å². The van der Waals surface area contributed by atoms with Gasteiger partial charge in [0.25, 0.3) is 5.91 Å². The van der Waals surface area contributed by atoms with Gasteiger partial charge < -0.3 is 15.4 Å². The van der Waals surface area contributed by atoms with Crippen molar-refractivity contribution in [2.45, 2.75) is 0 Å². The molecule has 3 N–H and O–H groups in total. The van der Waals surface area contributed by atoms with Gasteiger partial charge in [-0.1, -0.05) is 0 Å². The molecule has 5 nitrogen and oxygen atoms in total. The van der Waals surface area contributed by atoms with Crippen LogP contribution >= 0.6 is 0 Å². The van der Waals surface area contributed by atoms with Crippen LogP contribution in [0.25, 0.3) is 10.9 Å². The van der Waals surface area contributed by atoms with Crippen molar-refractivity contribution < 1.29 is 19.1 Å². The molecule has 0 radical (unpaired) electrons. The van der Waals surface area contributed by atoms with Gasteiger partial charge in [-0.05, 0) is 24.3 Å². The Balaban J connectivity index is 2.24. The minimum atomic E-state index is -1.12. The fraction of sp³-hybridized carbons (Fsp3) is 0.0909. The molecule has 0 saturated heterocycles. The van der Waals surface area contributed by atoms with Crippen molar-refractivity contribution in [2.24, 2.45) is 0 Å². The Kier molecular flexibility index (Phi) is 2.78. The quantitative estimate of drug-likeness (QED) is 0.746. The molecule has 1 heterocycles. The van der Waals surface area contributed by atoms with Gasteiger partial charge in [-0.25, -0.2) is 4.39 Å². The average Bonchev–Trinajstić information content (AvgIpc) is 2.68. The molecule has 0 saturated carbocycles. The van der Waals surface area contributed by atoms with Gasteiger partial charge in [0, 0.05) is 10.9 Å². The molecule has 1 amide bonds. The SMILES string of the molecule is O=C(O)CNC(=O)c1cc2ccc(F)cc2[nH]1. The number of aliphatic carboxylic acids is 1. The molecule has 6 heteroatoms. The highest BCUT2D eigenvalue weighted by molar-refractivity contribution is 5.99. The van der Waals surface area contributed by atoms with Gasteiger partial charge in [-0.3, -0.25) is 9.59 Å². The van der Waals surface area contributed by atoms with Crippen molar-refractivity contribution in [3.63, 3.8) is 0 Å². The minimum absolute atomic E-state index is 0.201. The first-order valence-corrected chi connectivity index (χ1v) is 4.84. The van der Waals surface area contributed by atoms with E-state index in [0.29, 0.717) is 10.9 Å². The molecule has 0 unspecified atom stereocenters. The Morgan fingerprint density at radius 1 is 1.35 bits per heavy atom. The van der Waals surface area contributed by atoms with Gasteiger partial charge in [-0.15, -0.1) is 0 Å². The highest BCUT2D eigenvalue weighted by atomic mass is 19.1. The van der Waals surface area contributed by atoms with Crippen molar-refractivity contribution in [1.29, 1.82) is 0 Å². The van der Waals surface area contributed by atoms with Crippen molar-refractivity contribution in [2.75, 3.05) is 6.54 Å². The predicted octanol–water partition coefficient (Wildman–Crippen LogP) is 1.12. The standard InChI is InChI=1S/C11H9FN2O3/c12-7-2-1-6-3-9(14-8(6)4-7)11(17)13-5-10(15)16/h1-4,14H,5H2,(H,13,17)(H,15,16). The Hall–Kier alpha value is -2.37. The van der Waals surface area contributed by atoms with E-state index in [1.165, 1.54) is 24.3 Å². The maximum Gasteiger partial charge on any atom is 0.322 e. The van der Waals surface area contributed by atoms with Crippen molar-refractivity contribution in [1.82, 2.24) is 10.3 Å². The molecule has 0 bridgehead atoms. The number of aromatic nitrogens is 1. The molecular weight excluding hydrogens is 227 g/mol. The number of carbonyl (C=O) groups excluding carboxylic acids is 1. The molecule has 0 aliphatic rings. The molecule has 0 atom stereocenters. The smallest absolute Gasteiger partial charge is 0.322 e. The van der Waals surface area contributed by atoms with E-state index in [0.717, 1.165) is 0 Å². The number of nitrogens with one attached hydrogen (secondary N) is 2. The van der Waals surface area contributed by atoms with Crippen LogP contribution in [0.5, 0.6) is 0 Å². The molecule has 2 rings (SSSR count). The number of hydrogen-bond donors (Lipinski definition) is 3. The molecular formula is C11H9FN2O3. The number of fused-ring (bicyclic) bond motifs is 1. The number of benzene rings is 1. The number of carboxylic acid groups (broad SMARTS) is 1. The zero-order chi connectivity index (χ0) is 12.4. The number of aromatic amines is 1. The molecule has 0 fully saturated rings. The second-order valence-corrected chi connectivity index (χ2v) is 3.49. The Morgan fingerprint density at radius 2 is 2.12 bits per heavy atom. The summed E-state index contributed by atoms with van der Waals surface area (Å²) in [6.07, 6.45) is 0. The van der Waals surface area contributed by atoms with E-state index in [1.807, 2.05) is 0 Å². The van der Waals surface area contributed by atoms with Crippen LogP contribution in [0.2, 0.25) is 0 Å². The summed E-state index contributed by atoms with van der Waals surface area (Å²) in [5, 5.41) is 11.3. The zero-order valence-corrected chi connectivity index (χ0v) is 8.66. The summed E-state index contributed by atoms with van der Waals surface area (Å²) < 4.78 is 12.9. The Morgan fingerprint density at radius 3 is 2.82 bits per heavy atom. The largest absolute Gasteiger partial charge is 0.480 e. The highest BCUT2D eigenvalue weighted by Crippen LogP contribution is 2.16. The summed E-state index contributed by atoms with van der Waals surface area (Å²) in [6.45, 7) is -0.456. The van der Waals surface area contributed by atoms with Crippen molar-refractivity contribution in [3.05, 3.63) is 35.8 Å². The molecule has 0 aliphatic heterocycles. The van der Waals surface area contributed by atoms with Crippen LogP contribution in [-0.4, -0.2) is 28.5 Å². The lowest BCUT2D eigenvalue weighted by Gasteiger charge is -1.98. The van der Waals surface area contributed by atoms with E-state index < -0.39 is 24.2 Å². The van der Waals surface area contributed by atoms with Crippen LogP contribution in [0.3, 0.4) is 0 Å². The number of hydrogen-bond acceptors (Lipinski definition) is 2. The third-order valence-corrected chi connectivity index (χ3v) is 2.23. The highest BCUT2D eigenvalue weighted by Gasteiger charge is 2.10. The summed E-state index contributed by atoms with van der Waals surface area (Å²) in [7, 11) is 0. The first kappa shape index (κ1) is 11.1. The number of rotatable bonds is 3. The predicted molar refractivity (Wildman–Crippen MR) is 58.2 cm³/mol. The molecule has 0 spiro atoms. The van der Waals surface area contributed by atoms with E-state index in [9.17, 15) is 14.0 Å². The molecule has 1 aromatic carbocycles. The van der Waals surface area contributed by atoms with Crippen LogP contribution in [0.15, 0.2) is 24.3 Å². The van der Waals surface area contributed by atoms with Gasteiger partial charge >= 0.3 is 5.97 Å². The second-order valence-electron chi connectivity index (χ2n) is 3.49. The summed E-state index contributed by atoms with van der Waals surface area (Å²) in [4.78, 5) is 24.5. The second kappa shape index (κ2) is 4.25. The number of carbonyl (C=O) groups is 2. The molecule has 0 aliphatic carbocycles. The number of amides is 1. The molecule has 17 heavy (non-hydrogen) atoms. The van der Waals surface area contributed by atoms with E-state index >= 15 is 0 Å². The first-order chi connectivity index (χ1) is 8.06. The molecule has 1 aromatic heterocycles. The summed E-state index contributed by atoms with van der Waals surface area (Å²) in [5.74, 6) is -2.07. The lowest BCUT2D eigenvalue weighted by atomic mass is 10.2. The summed E-state index contributed by atoms with van der Waals surface area (Å²) in [6, 6.07) is 5.62. The van der Waals surface area contributed by atoms with Crippen LogP contribution < -0.4 is 5.32 Å². The summed E-state index contributed by atoms with van der Waals surface area (Å²) in [5.41, 5.74) is 0.692. The molecule has 88 valence electrons. The van der Waals surface area contributed by atoms with Gasteiger partial charge in [0.2, 0.25) is 0 Å². The van der Waals surface area contributed by atoms with Crippen LogP contribution in [0.4, 0.5) is 4.39 Å². The number of halogens is 1. The number of H-pyrrole nitrogens is 1. The van der Waals surface area contributed by atoms with Crippen molar-refractivity contribution in [3.8, 4) is 0 Å². The lowest BCUT2D eigenvalue weighted by Crippen LogP contribution is -2.29. The lowest BCUT2D eigenvalue weighted by molar-refractivity contribution is -0.135. The maximum atomic E-state index is 12.9. The minimum Gasteiger partial charge on any atom is -0.480 e. The Bertz CT molecular complexity index is 591. The van der Waals surface area contributed by atoms with Crippen LogP contribution in [0.1, 0.15) is 10.5 Å². The fourth-order valence-electron chi connectivity index (χ4n) is 1.47. The third-order valence-electron chi connectivity index (χ3n) is 2.23. The average molecular weight is 236 g/mol. The van der Waals surface area contributed by atoms with Crippen molar-refractivity contribution >= 4 is 22.8 Å². The number of carboxylic acids is 1. The van der Waals surface area contributed by atoms with Crippen LogP contribution in [0, 0.1) is 5.82 Å². The maximum absolute atomic E-state index is 12.9. The van der Waals surface area contributed by atoms with E-state index in [1.54, 1.807) is 0 Å². The zero-order valence-electron chi connectivity index (χ0n) is 8.66. The van der Waals surface area contributed by atoms with E-state index in [-0.39, 0.29) is 5.69 Å². The van der Waals surface area contributed by atoms with Gasteiger partial charge in [0.1, 0.15) is 18.1 Å². The topological polar surface area (TPSA) is 82.2 Å². The Labute approximate surface area is 95.2 Å². The van der Waals surface area contributed by atoms with Gasteiger partial charge in [-0.2, -0.15) is 0 Å². The fourth-order valence-corrected chi connectivity index (χ4v) is 1.47. The van der Waals surface area contributed by atoms with Crippen LogP contribution in [-0.2, 0) is 4.79 Å². The van der Waals surface area contributed by atoms with E-state index in [4.69, 9.17) is 5.11 Å². The summed E-state index contributed by atoms with van der Waals surface area (Å²) >= 11 is 0. The normalized spacial score (nSPS) is 10.4. The monoisotopic (exact) mass is 236 g/mol. The van der Waals surface area contributed by atoms with Gasteiger partial charge in [0.05, 0.1) is 0 Å². The molecule has 2 aromatic rings. The third kappa shape index (κ3) is 2.41. The van der Waals surface area contributed by atoms with E-state index in [2.05, 4.69) is 10.3 Å².